The van der Waals surface area contributed by atoms with Crippen LogP contribution in [0, 0.1) is 23.0 Å². The highest BCUT2D eigenvalue weighted by molar-refractivity contribution is 9.10. The van der Waals surface area contributed by atoms with Gasteiger partial charge < -0.3 is 15.2 Å². The van der Waals surface area contributed by atoms with E-state index in [9.17, 15) is 23.6 Å². The van der Waals surface area contributed by atoms with E-state index in [-0.39, 0.29) is 27.1 Å². The van der Waals surface area contributed by atoms with Crippen LogP contribution in [0.5, 0.6) is 0 Å². The molecule has 0 amide bonds. The van der Waals surface area contributed by atoms with Gasteiger partial charge in [-0.1, -0.05) is 30.3 Å². The molecule has 0 spiro atoms. The van der Waals surface area contributed by atoms with Crippen LogP contribution in [0.3, 0.4) is 0 Å². The summed E-state index contributed by atoms with van der Waals surface area (Å²) in [6.45, 7) is 0. The van der Waals surface area contributed by atoms with Crippen LogP contribution in [0.15, 0.2) is 69.6 Å². The summed E-state index contributed by atoms with van der Waals surface area (Å²) in [6.07, 6.45) is 0. The number of nitrogens with two attached hydrogens (primary N) is 1. The molecule has 3 rings (SSSR count). The summed E-state index contributed by atoms with van der Waals surface area (Å²) in [5.41, 5.74) is 5.66. The Hall–Kier alpha value is -3.71. The fourth-order valence-electron chi connectivity index (χ4n) is 3.47. The summed E-state index contributed by atoms with van der Waals surface area (Å²) in [5.74, 6) is -5.32. The first kappa shape index (κ1) is 23.0. The minimum Gasteiger partial charge on any atom is -0.466 e. The van der Waals surface area contributed by atoms with Crippen molar-refractivity contribution in [2.75, 3.05) is 19.1 Å². The maximum absolute atomic E-state index is 14.3. The van der Waals surface area contributed by atoms with Crippen LogP contribution in [-0.4, -0.2) is 26.2 Å². The number of carbonyl (C=O) groups excluding carboxylic acids is 2. The molecule has 0 bridgehead atoms. The van der Waals surface area contributed by atoms with Crippen LogP contribution >= 0.6 is 15.9 Å². The van der Waals surface area contributed by atoms with Gasteiger partial charge in [-0.05, 0) is 27.6 Å². The molecule has 1 aliphatic rings. The molecule has 0 saturated carbocycles. The lowest BCUT2D eigenvalue weighted by atomic mass is 9.81. The van der Waals surface area contributed by atoms with Gasteiger partial charge in [0.1, 0.15) is 23.2 Å². The summed E-state index contributed by atoms with van der Waals surface area (Å²) in [5, 5.41) is 9.93. The molecular formula is C22H16BrF2N3O4. The number of benzene rings is 2. The molecule has 2 N–H and O–H groups in total. The second-order valence-corrected chi connectivity index (χ2v) is 7.35. The van der Waals surface area contributed by atoms with E-state index in [1.807, 2.05) is 6.07 Å². The molecule has 0 aromatic heterocycles. The molecule has 7 nitrogen and oxygen atoms in total. The zero-order valence-electron chi connectivity index (χ0n) is 16.9. The lowest BCUT2D eigenvalue weighted by Crippen LogP contribution is -2.41. The van der Waals surface area contributed by atoms with Crippen LogP contribution in [0.2, 0.25) is 0 Å². The van der Waals surface area contributed by atoms with Crippen LogP contribution < -0.4 is 10.6 Å². The quantitative estimate of drug-likeness (QED) is 0.501. The molecule has 0 fully saturated rings. The van der Waals surface area contributed by atoms with Crippen molar-refractivity contribution < 1.29 is 27.8 Å². The molecule has 1 heterocycles. The van der Waals surface area contributed by atoms with Gasteiger partial charge in [-0.3, -0.25) is 4.90 Å². The van der Waals surface area contributed by atoms with E-state index in [4.69, 9.17) is 15.2 Å². The van der Waals surface area contributed by atoms with E-state index < -0.39 is 35.2 Å². The Balaban J connectivity index is 2.47. The first-order valence-corrected chi connectivity index (χ1v) is 9.86. The van der Waals surface area contributed by atoms with Gasteiger partial charge in [0, 0.05) is 6.07 Å². The van der Waals surface area contributed by atoms with Gasteiger partial charge >= 0.3 is 11.9 Å². The van der Waals surface area contributed by atoms with Crippen molar-refractivity contribution in [3.05, 3.63) is 86.8 Å². The number of hydrogen-bond acceptors (Lipinski definition) is 7. The lowest BCUT2D eigenvalue weighted by Gasteiger charge is -2.36. The number of ether oxygens (including phenoxy) is 2. The zero-order chi connectivity index (χ0) is 23.6. The third-order valence-electron chi connectivity index (χ3n) is 4.83. The summed E-state index contributed by atoms with van der Waals surface area (Å²) >= 11 is 3.02. The highest BCUT2D eigenvalue weighted by Crippen LogP contribution is 2.45. The smallest absolute Gasteiger partial charge is 0.355 e. The Bertz CT molecular complexity index is 1210. The Kier molecular flexibility index (Phi) is 6.60. The van der Waals surface area contributed by atoms with E-state index in [2.05, 4.69) is 15.9 Å². The van der Waals surface area contributed by atoms with Gasteiger partial charge in [0.05, 0.1) is 47.5 Å². The number of anilines is 1. The van der Waals surface area contributed by atoms with Gasteiger partial charge in [-0.2, -0.15) is 5.26 Å². The predicted octanol–water partition coefficient (Wildman–Crippen LogP) is 3.63. The van der Waals surface area contributed by atoms with Crippen molar-refractivity contribution in [1.29, 1.82) is 5.26 Å². The summed E-state index contributed by atoms with van der Waals surface area (Å²) in [4.78, 5) is 26.7. The molecule has 10 heteroatoms. The Labute approximate surface area is 190 Å². The van der Waals surface area contributed by atoms with Crippen molar-refractivity contribution in [1.82, 2.24) is 0 Å². The lowest BCUT2D eigenvalue weighted by molar-refractivity contribution is -0.139. The summed E-state index contributed by atoms with van der Waals surface area (Å²) < 4.78 is 37.9. The summed E-state index contributed by atoms with van der Waals surface area (Å²) in [6, 6.07) is 11.8. The molecule has 2 aromatic rings. The minimum absolute atomic E-state index is 0.124. The molecule has 1 aliphatic heterocycles. The third kappa shape index (κ3) is 3.83. The molecule has 0 radical (unpaired) electrons. The van der Waals surface area contributed by atoms with Crippen LogP contribution in [0.4, 0.5) is 14.5 Å². The van der Waals surface area contributed by atoms with Crippen LogP contribution in [0.1, 0.15) is 11.5 Å². The second-order valence-electron chi connectivity index (χ2n) is 6.56. The van der Waals surface area contributed by atoms with Crippen molar-refractivity contribution in [3.8, 4) is 6.07 Å². The maximum Gasteiger partial charge on any atom is 0.355 e. The zero-order valence-corrected chi connectivity index (χ0v) is 18.4. The van der Waals surface area contributed by atoms with E-state index in [1.54, 1.807) is 30.3 Å². The average Bonchev–Trinajstić information content (AvgIpc) is 2.80. The molecule has 0 aliphatic carbocycles. The van der Waals surface area contributed by atoms with Crippen LogP contribution in [0.25, 0.3) is 0 Å². The van der Waals surface area contributed by atoms with Gasteiger partial charge in [0.2, 0.25) is 0 Å². The first-order chi connectivity index (χ1) is 15.3. The number of rotatable bonds is 4. The average molecular weight is 504 g/mol. The molecule has 1 atom stereocenters. The second kappa shape index (κ2) is 9.20. The highest BCUT2D eigenvalue weighted by atomic mass is 79.9. The minimum atomic E-state index is -1.09. The monoisotopic (exact) mass is 503 g/mol. The van der Waals surface area contributed by atoms with Gasteiger partial charge in [-0.25, -0.2) is 18.4 Å². The van der Waals surface area contributed by atoms with Gasteiger partial charge in [0.15, 0.2) is 0 Å². The molecule has 2 aromatic carbocycles. The third-order valence-corrected chi connectivity index (χ3v) is 5.61. The SMILES string of the molecule is COC(=O)C1=C(C(=O)OC)N(c2cc(F)cc(F)c2Br)C(N)=C(C#N)C1c1ccccc1. The summed E-state index contributed by atoms with van der Waals surface area (Å²) in [7, 11) is 2.17. The van der Waals surface area contributed by atoms with Crippen molar-refractivity contribution in [2.24, 2.45) is 5.73 Å². The predicted molar refractivity (Wildman–Crippen MR) is 114 cm³/mol. The van der Waals surface area contributed by atoms with Crippen molar-refractivity contribution in [3.63, 3.8) is 0 Å². The molecule has 1 unspecified atom stereocenters. The Morgan fingerprint density at radius 2 is 1.75 bits per heavy atom. The Morgan fingerprint density at radius 3 is 2.31 bits per heavy atom. The highest BCUT2D eigenvalue weighted by Gasteiger charge is 2.43. The fourth-order valence-corrected chi connectivity index (χ4v) is 3.87. The topological polar surface area (TPSA) is 106 Å². The van der Waals surface area contributed by atoms with E-state index in [0.717, 1.165) is 25.2 Å². The van der Waals surface area contributed by atoms with Crippen molar-refractivity contribution >= 4 is 33.6 Å². The van der Waals surface area contributed by atoms with Gasteiger partial charge in [-0.15, -0.1) is 0 Å². The standard InChI is InChI=1S/C22H16BrF2N3O4/c1-31-21(29)17-16(11-6-4-3-5-7-11)13(10-26)20(27)28(19(17)22(30)32-2)15-9-12(24)8-14(25)18(15)23/h3-9,16H,27H2,1-2H3. The molecular weight excluding hydrogens is 488 g/mol. The number of nitrogens with zero attached hydrogens (tertiary/aromatic N) is 2. The van der Waals surface area contributed by atoms with Crippen LogP contribution in [-0.2, 0) is 19.1 Å². The Morgan fingerprint density at radius 1 is 1.12 bits per heavy atom. The largest absolute Gasteiger partial charge is 0.466 e. The van der Waals surface area contributed by atoms with E-state index in [1.165, 1.54) is 0 Å². The number of nitriles is 1. The maximum atomic E-state index is 14.3. The number of halogens is 3. The molecule has 0 saturated heterocycles. The van der Waals surface area contributed by atoms with E-state index >= 15 is 0 Å². The molecule has 32 heavy (non-hydrogen) atoms. The number of hydrogen-bond donors (Lipinski definition) is 1. The normalized spacial score (nSPS) is 16.0. The fraction of sp³-hybridized carbons (Fsp3) is 0.136. The number of carbonyl (C=O) groups is 2. The first-order valence-electron chi connectivity index (χ1n) is 9.06. The van der Waals surface area contributed by atoms with Crippen molar-refractivity contribution in [2.45, 2.75) is 5.92 Å². The number of methoxy groups -OCH3 is 2. The number of esters is 2. The number of allylic oxidation sites excluding steroid dienone is 1. The van der Waals surface area contributed by atoms with Gasteiger partial charge in [0.25, 0.3) is 0 Å². The molecule has 164 valence electrons. The van der Waals surface area contributed by atoms with E-state index in [0.29, 0.717) is 11.6 Å².